The van der Waals surface area contributed by atoms with E-state index in [1.54, 1.807) is 61.7 Å². The number of benzene rings is 2. The number of hydrogen-bond acceptors (Lipinski definition) is 6. The third-order valence-electron chi connectivity index (χ3n) is 5.00. The first kappa shape index (κ1) is 22.1. The van der Waals surface area contributed by atoms with Crippen molar-refractivity contribution >= 4 is 17.4 Å². The van der Waals surface area contributed by atoms with Gasteiger partial charge in [-0.15, -0.1) is 0 Å². The minimum Gasteiger partial charge on any atom is -0.507 e. The van der Waals surface area contributed by atoms with Crippen LogP contribution in [0.15, 0.2) is 66.8 Å². The molecule has 0 bridgehead atoms. The Hall–Kier alpha value is -3.58. The van der Waals surface area contributed by atoms with Gasteiger partial charge in [-0.2, -0.15) is 0 Å². The van der Waals surface area contributed by atoms with Crippen molar-refractivity contribution in [3.8, 4) is 11.5 Å². The van der Waals surface area contributed by atoms with E-state index in [-0.39, 0.29) is 24.5 Å². The molecular weight excluding hydrogens is 398 g/mol. The maximum absolute atomic E-state index is 12.9. The van der Waals surface area contributed by atoms with Crippen molar-refractivity contribution in [2.24, 2.45) is 0 Å². The van der Waals surface area contributed by atoms with Gasteiger partial charge in [-0.05, 0) is 42.0 Å². The normalized spacial score (nSPS) is 17.6. The van der Waals surface area contributed by atoms with Crippen LogP contribution < -0.4 is 9.47 Å². The molecule has 7 heteroatoms. The monoisotopic (exact) mass is 423 g/mol. The highest BCUT2D eigenvalue weighted by molar-refractivity contribution is 6.46. The lowest BCUT2D eigenvalue weighted by molar-refractivity contribution is -0.140. The Balaban J connectivity index is 2.05. The number of rotatable bonds is 9. The van der Waals surface area contributed by atoms with Crippen molar-refractivity contribution in [1.29, 1.82) is 0 Å². The summed E-state index contributed by atoms with van der Waals surface area (Å²) in [6, 6.07) is 12.9. The molecule has 0 saturated carbocycles. The third kappa shape index (κ3) is 4.62. The van der Waals surface area contributed by atoms with Crippen LogP contribution in [0.2, 0.25) is 0 Å². The van der Waals surface area contributed by atoms with Gasteiger partial charge in [-0.3, -0.25) is 9.59 Å². The fourth-order valence-corrected chi connectivity index (χ4v) is 3.45. The predicted octanol–water partition coefficient (Wildman–Crippen LogP) is 3.33. The fourth-order valence-electron chi connectivity index (χ4n) is 3.45. The van der Waals surface area contributed by atoms with Crippen LogP contribution in [-0.4, -0.2) is 55.7 Å². The van der Waals surface area contributed by atoms with E-state index < -0.39 is 17.7 Å². The van der Waals surface area contributed by atoms with Crippen LogP contribution in [0.5, 0.6) is 11.5 Å². The third-order valence-corrected chi connectivity index (χ3v) is 5.00. The van der Waals surface area contributed by atoms with E-state index in [1.807, 2.05) is 0 Å². The molecule has 0 radical (unpaired) electrons. The van der Waals surface area contributed by atoms with Gasteiger partial charge in [0.25, 0.3) is 11.7 Å². The minimum absolute atomic E-state index is 0.0334. The van der Waals surface area contributed by atoms with Crippen LogP contribution in [0.4, 0.5) is 0 Å². The standard InChI is InChI=1S/C24H25NO6/c1-4-14-31-19-11-7-17(8-12-19)22(26)20-21(16-5-9-18(30-3)10-6-16)25(13-15-29-2)24(28)23(20)27/h4-12,21,26H,1,13-15H2,2-3H3/b22-20+. The molecule has 0 spiro atoms. The average molecular weight is 423 g/mol. The van der Waals surface area contributed by atoms with Crippen LogP contribution in [0, 0.1) is 0 Å². The van der Waals surface area contributed by atoms with Crippen LogP contribution in [0.1, 0.15) is 17.2 Å². The van der Waals surface area contributed by atoms with Gasteiger partial charge in [-0.25, -0.2) is 0 Å². The molecule has 1 unspecified atom stereocenters. The number of carbonyl (C=O) groups is 2. The van der Waals surface area contributed by atoms with Crippen molar-refractivity contribution in [2.75, 3.05) is 34.0 Å². The summed E-state index contributed by atoms with van der Waals surface area (Å²) in [5, 5.41) is 11.0. The number of likely N-dealkylation sites (tertiary alicyclic amines) is 1. The van der Waals surface area contributed by atoms with Gasteiger partial charge in [-0.1, -0.05) is 24.8 Å². The minimum atomic E-state index is -0.738. The second-order valence-electron chi connectivity index (χ2n) is 6.88. The van der Waals surface area contributed by atoms with Gasteiger partial charge in [0.1, 0.15) is 23.9 Å². The summed E-state index contributed by atoms with van der Waals surface area (Å²) in [6.45, 7) is 4.43. The molecule has 1 amide bonds. The Labute approximate surface area is 181 Å². The molecular formula is C24H25NO6. The number of ketones is 1. The van der Waals surface area contributed by atoms with E-state index in [9.17, 15) is 14.7 Å². The average Bonchev–Trinajstić information content (AvgIpc) is 3.06. The molecule has 1 atom stereocenters. The van der Waals surface area contributed by atoms with Gasteiger partial charge < -0.3 is 24.2 Å². The van der Waals surface area contributed by atoms with E-state index in [0.717, 1.165) is 0 Å². The number of Topliss-reactive ketones (excluding diaryl/α,β-unsaturated/α-hetero) is 1. The number of carbonyl (C=O) groups excluding carboxylic acids is 2. The Bertz CT molecular complexity index is 978. The molecule has 3 rings (SSSR count). The highest BCUT2D eigenvalue weighted by Crippen LogP contribution is 2.39. The van der Waals surface area contributed by atoms with Gasteiger partial charge in [0.15, 0.2) is 0 Å². The number of nitrogens with zero attached hydrogens (tertiary/aromatic N) is 1. The van der Waals surface area contributed by atoms with Gasteiger partial charge >= 0.3 is 0 Å². The zero-order valence-electron chi connectivity index (χ0n) is 17.5. The smallest absolute Gasteiger partial charge is 0.295 e. The molecule has 1 aliphatic rings. The first-order chi connectivity index (χ1) is 15.0. The summed E-state index contributed by atoms with van der Waals surface area (Å²) in [4.78, 5) is 27.1. The van der Waals surface area contributed by atoms with Crippen LogP contribution >= 0.6 is 0 Å². The molecule has 31 heavy (non-hydrogen) atoms. The molecule has 2 aromatic carbocycles. The van der Waals surface area contributed by atoms with Gasteiger partial charge in [0, 0.05) is 19.2 Å². The largest absolute Gasteiger partial charge is 0.507 e. The topological polar surface area (TPSA) is 85.3 Å². The van der Waals surface area contributed by atoms with Crippen molar-refractivity contribution in [1.82, 2.24) is 4.90 Å². The van der Waals surface area contributed by atoms with E-state index in [2.05, 4.69) is 6.58 Å². The number of amides is 1. The molecule has 0 aromatic heterocycles. The molecule has 1 aliphatic heterocycles. The van der Waals surface area contributed by atoms with Crippen LogP contribution in [0.25, 0.3) is 5.76 Å². The Morgan fingerprint density at radius 2 is 1.71 bits per heavy atom. The number of ether oxygens (including phenoxy) is 3. The lowest BCUT2D eigenvalue weighted by Crippen LogP contribution is -2.32. The number of aliphatic hydroxyl groups is 1. The SMILES string of the molecule is C=CCOc1ccc(/C(O)=C2\C(=O)C(=O)N(CCOC)C2c2ccc(OC)cc2)cc1. The molecule has 1 saturated heterocycles. The van der Waals surface area contributed by atoms with Crippen molar-refractivity contribution in [2.45, 2.75) is 6.04 Å². The summed E-state index contributed by atoms with van der Waals surface area (Å²) in [6.07, 6.45) is 1.63. The number of methoxy groups -OCH3 is 2. The fraction of sp³-hybridized carbons (Fsp3) is 0.250. The summed E-state index contributed by atoms with van der Waals surface area (Å²) >= 11 is 0. The Morgan fingerprint density at radius 3 is 2.29 bits per heavy atom. The lowest BCUT2D eigenvalue weighted by Gasteiger charge is -2.25. The highest BCUT2D eigenvalue weighted by Gasteiger charge is 2.45. The van der Waals surface area contributed by atoms with Crippen molar-refractivity contribution in [3.05, 3.63) is 77.9 Å². The number of aliphatic hydroxyl groups excluding tert-OH is 1. The summed E-state index contributed by atoms with van der Waals surface area (Å²) < 4.78 is 15.8. The summed E-state index contributed by atoms with van der Waals surface area (Å²) in [7, 11) is 3.08. The van der Waals surface area contributed by atoms with E-state index in [1.165, 1.54) is 12.0 Å². The molecule has 162 valence electrons. The zero-order valence-corrected chi connectivity index (χ0v) is 17.5. The molecule has 1 N–H and O–H groups in total. The van der Waals surface area contributed by atoms with E-state index >= 15 is 0 Å². The van der Waals surface area contributed by atoms with Crippen molar-refractivity contribution < 1.29 is 28.9 Å². The maximum Gasteiger partial charge on any atom is 0.295 e. The molecule has 1 fully saturated rings. The van der Waals surface area contributed by atoms with Crippen LogP contribution in [0.3, 0.4) is 0 Å². The molecule has 2 aromatic rings. The first-order valence-electron chi connectivity index (χ1n) is 9.77. The van der Waals surface area contributed by atoms with Crippen LogP contribution in [-0.2, 0) is 14.3 Å². The second kappa shape index (κ2) is 9.95. The second-order valence-corrected chi connectivity index (χ2v) is 6.88. The van der Waals surface area contributed by atoms with E-state index in [0.29, 0.717) is 29.2 Å². The lowest BCUT2D eigenvalue weighted by atomic mass is 9.95. The van der Waals surface area contributed by atoms with Crippen molar-refractivity contribution in [3.63, 3.8) is 0 Å². The summed E-state index contributed by atoms with van der Waals surface area (Å²) in [5.74, 6) is -0.405. The first-order valence-corrected chi connectivity index (χ1v) is 9.77. The van der Waals surface area contributed by atoms with Gasteiger partial charge in [0.05, 0.1) is 25.3 Å². The van der Waals surface area contributed by atoms with E-state index in [4.69, 9.17) is 14.2 Å². The molecule has 1 heterocycles. The molecule has 0 aliphatic carbocycles. The maximum atomic E-state index is 12.9. The highest BCUT2D eigenvalue weighted by atomic mass is 16.5. The number of hydrogen-bond donors (Lipinski definition) is 1. The Morgan fingerprint density at radius 1 is 1.06 bits per heavy atom. The summed E-state index contributed by atoms with van der Waals surface area (Å²) in [5.41, 5.74) is 1.13. The quantitative estimate of drug-likeness (QED) is 0.288. The predicted molar refractivity (Wildman–Crippen MR) is 116 cm³/mol. The van der Waals surface area contributed by atoms with Gasteiger partial charge in [0.2, 0.25) is 0 Å². The zero-order chi connectivity index (χ0) is 22.4. The Kier molecular flexibility index (Phi) is 7.10. The molecule has 7 nitrogen and oxygen atoms in total.